The third-order valence-corrected chi connectivity index (χ3v) is 10.2. The molecule has 2 N–H and O–H groups in total. The van der Waals surface area contributed by atoms with Crippen molar-refractivity contribution < 1.29 is 19.4 Å². The molecule has 0 unspecified atom stereocenters. The Balaban J connectivity index is 1.22. The van der Waals surface area contributed by atoms with E-state index in [1.54, 1.807) is 23.1 Å². The van der Waals surface area contributed by atoms with Gasteiger partial charge in [-0.15, -0.1) is 11.3 Å². The largest absolute Gasteiger partial charge is 0.392 e. The Bertz CT molecular complexity index is 1740. The molecule has 3 atom stereocenters. The monoisotopic (exact) mass is 698 g/mol. The number of benzene rings is 4. The fraction of sp³-hybridized carbons (Fsp3) is 0.235. The van der Waals surface area contributed by atoms with Crippen LogP contribution < -0.4 is 5.32 Å². The highest BCUT2D eigenvalue weighted by atomic mass is 35.6. The lowest BCUT2D eigenvalue weighted by atomic mass is 9.99. The number of alkyl halides is 3. The van der Waals surface area contributed by atoms with Crippen molar-refractivity contribution in [3.8, 4) is 11.1 Å². The van der Waals surface area contributed by atoms with Crippen LogP contribution in [0, 0.1) is 0 Å². The Morgan fingerprint density at radius 3 is 2.42 bits per heavy atom. The smallest absolute Gasteiger partial charge is 0.272 e. The van der Waals surface area contributed by atoms with Crippen LogP contribution in [0.3, 0.4) is 0 Å². The maximum Gasteiger partial charge on any atom is 0.272 e. The highest BCUT2D eigenvalue weighted by Gasteiger charge is 2.33. The summed E-state index contributed by atoms with van der Waals surface area (Å²) in [5, 5.41) is 12.2. The Morgan fingerprint density at radius 2 is 1.67 bits per heavy atom. The molecule has 0 aliphatic carbocycles. The maximum atomic E-state index is 12.0. The van der Waals surface area contributed by atoms with Crippen LogP contribution in [-0.2, 0) is 27.4 Å². The average molecular weight is 700 g/mol. The van der Waals surface area contributed by atoms with Gasteiger partial charge in [-0.1, -0.05) is 119 Å². The molecule has 0 radical (unpaired) electrons. The average Bonchev–Trinajstić information content (AvgIpc) is 3.49. The normalized spacial score (nSPS) is 18.6. The van der Waals surface area contributed by atoms with Gasteiger partial charge < -0.3 is 19.9 Å². The van der Waals surface area contributed by atoms with Gasteiger partial charge in [-0.2, -0.15) is 0 Å². The number of thiazole rings is 1. The van der Waals surface area contributed by atoms with Gasteiger partial charge in [0.2, 0.25) is 0 Å². The number of nitrogens with one attached hydrogen (secondary N) is 1. The van der Waals surface area contributed by atoms with Crippen molar-refractivity contribution >= 4 is 74.0 Å². The summed E-state index contributed by atoms with van der Waals surface area (Å²) in [6.45, 7) is 0.214. The standard InChI is InChI=1S/C34H29Cl3N2O4S2/c35-34(36,37)32(41)38-18-22-5-3-6-24(15-22)25-7-4-8-26(16-25)31-42-27(17-29(43-31)23-13-11-21(19-40)12-14-23)20-44-33-39-28-9-1-2-10-30(28)45-33/h1-16,27,29,31,40H,17-20H2,(H,38,41)/t27-,29+,31+/m0/s1. The number of ether oxygens (including phenoxy) is 2. The van der Waals surface area contributed by atoms with Crippen molar-refractivity contribution in [1.82, 2.24) is 10.3 Å². The predicted molar refractivity (Wildman–Crippen MR) is 183 cm³/mol. The lowest BCUT2D eigenvalue weighted by molar-refractivity contribution is -0.245. The van der Waals surface area contributed by atoms with E-state index >= 15 is 0 Å². The van der Waals surface area contributed by atoms with Crippen LogP contribution in [0.2, 0.25) is 0 Å². The van der Waals surface area contributed by atoms with Gasteiger partial charge in [0.15, 0.2) is 10.6 Å². The first kappa shape index (κ1) is 32.3. The summed E-state index contributed by atoms with van der Waals surface area (Å²) in [5.41, 5.74) is 6.60. The Labute approximate surface area is 284 Å². The van der Waals surface area contributed by atoms with Crippen LogP contribution in [0.4, 0.5) is 0 Å². The Hall–Kier alpha value is -2.66. The molecular weight excluding hydrogens is 671 g/mol. The van der Waals surface area contributed by atoms with Crippen LogP contribution in [0.1, 0.15) is 41.1 Å². The minimum Gasteiger partial charge on any atom is -0.392 e. The molecule has 1 aliphatic rings. The van der Waals surface area contributed by atoms with E-state index in [1.807, 2.05) is 84.9 Å². The molecule has 1 aromatic heterocycles. The second kappa shape index (κ2) is 14.4. The number of aromatic nitrogens is 1. The molecule has 1 aliphatic heterocycles. The summed E-state index contributed by atoms with van der Waals surface area (Å²) in [5.74, 6) is 0.0509. The molecule has 1 amide bonds. The lowest BCUT2D eigenvalue weighted by Gasteiger charge is -2.36. The fourth-order valence-electron chi connectivity index (χ4n) is 5.11. The Kier molecular flexibility index (Phi) is 10.3. The second-order valence-corrected chi connectivity index (χ2v) is 15.2. The van der Waals surface area contributed by atoms with Crippen molar-refractivity contribution in [3.05, 3.63) is 119 Å². The third kappa shape index (κ3) is 8.20. The van der Waals surface area contributed by atoms with Gasteiger partial charge in [-0.05, 0) is 52.1 Å². The van der Waals surface area contributed by atoms with Crippen LogP contribution in [0.15, 0.2) is 101 Å². The zero-order valence-electron chi connectivity index (χ0n) is 23.9. The van der Waals surface area contributed by atoms with E-state index in [4.69, 9.17) is 49.3 Å². The first-order valence-electron chi connectivity index (χ1n) is 14.3. The summed E-state index contributed by atoms with van der Waals surface area (Å²) in [7, 11) is 0. The summed E-state index contributed by atoms with van der Waals surface area (Å²) in [4.78, 5) is 16.8. The quantitative estimate of drug-likeness (QED) is 0.118. The zero-order valence-corrected chi connectivity index (χ0v) is 27.8. The van der Waals surface area contributed by atoms with Crippen LogP contribution in [-0.4, -0.2) is 31.6 Å². The molecule has 0 spiro atoms. The summed E-state index contributed by atoms with van der Waals surface area (Å²) in [6.07, 6.45) is -0.175. The van der Waals surface area contributed by atoms with Crippen molar-refractivity contribution in [2.75, 3.05) is 5.75 Å². The van der Waals surface area contributed by atoms with Gasteiger partial charge in [-0.3, -0.25) is 4.79 Å². The molecule has 4 aromatic carbocycles. The third-order valence-electron chi connectivity index (χ3n) is 7.41. The van der Waals surface area contributed by atoms with Crippen molar-refractivity contribution in [1.29, 1.82) is 0 Å². The number of nitrogens with zero attached hydrogens (tertiary/aromatic N) is 1. The highest BCUT2D eigenvalue weighted by molar-refractivity contribution is 8.01. The van der Waals surface area contributed by atoms with Gasteiger partial charge in [-0.25, -0.2) is 4.98 Å². The van der Waals surface area contributed by atoms with Crippen LogP contribution in [0.25, 0.3) is 21.3 Å². The first-order valence-corrected chi connectivity index (χ1v) is 17.2. The topological polar surface area (TPSA) is 80.7 Å². The molecular formula is C34H29Cl3N2O4S2. The molecule has 0 saturated carbocycles. The van der Waals surface area contributed by atoms with E-state index in [1.165, 1.54) is 4.70 Å². The molecule has 6 rings (SSSR count). The van der Waals surface area contributed by atoms with E-state index in [0.717, 1.165) is 49.0 Å². The zero-order chi connectivity index (χ0) is 31.4. The van der Waals surface area contributed by atoms with E-state index in [9.17, 15) is 9.90 Å². The minimum atomic E-state index is -2.02. The van der Waals surface area contributed by atoms with Gasteiger partial charge in [0.25, 0.3) is 9.70 Å². The Morgan fingerprint density at radius 1 is 0.911 bits per heavy atom. The number of thioether (sulfide) groups is 1. The number of aliphatic hydroxyl groups is 1. The fourth-order valence-corrected chi connectivity index (χ4v) is 7.42. The second-order valence-electron chi connectivity index (χ2n) is 10.6. The molecule has 45 heavy (non-hydrogen) atoms. The van der Waals surface area contributed by atoms with Crippen molar-refractivity contribution in [3.63, 3.8) is 0 Å². The van der Waals surface area contributed by atoms with E-state index in [0.29, 0.717) is 6.42 Å². The molecule has 5 aromatic rings. The summed E-state index contributed by atoms with van der Waals surface area (Å²) in [6, 6.07) is 31.9. The molecule has 1 saturated heterocycles. The number of hydrogen-bond donors (Lipinski definition) is 2. The van der Waals surface area contributed by atoms with Gasteiger partial charge in [0.05, 0.1) is 29.0 Å². The molecule has 0 bridgehead atoms. The molecule has 6 nitrogen and oxygen atoms in total. The number of amides is 1. The number of hydrogen-bond acceptors (Lipinski definition) is 7. The minimum absolute atomic E-state index is 0.00770. The van der Waals surface area contributed by atoms with Crippen LogP contribution in [0.5, 0.6) is 0 Å². The van der Waals surface area contributed by atoms with Crippen molar-refractivity contribution in [2.45, 2.75) is 46.2 Å². The SMILES string of the molecule is O=C(NCc1cccc(-c2cccc([C@@H]3O[C@H](CSc4nc5ccccc5s4)C[C@H](c4ccc(CO)cc4)O3)c2)c1)C(Cl)(Cl)Cl. The predicted octanol–water partition coefficient (Wildman–Crippen LogP) is 8.78. The van der Waals surface area contributed by atoms with Gasteiger partial charge in [0.1, 0.15) is 0 Å². The number of halogens is 3. The molecule has 11 heteroatoms. The number of aliphatic hydroxyl groups excluding tert-OH is 1. The van der Waals surface area contributed by atoms with Crippen LogP contribution >= 0.6 is 57.9 Å². The maximum absolute atomic E-state index is 12.0. The number of fused-ring (bicyclic) bond motifs is 1. The van der Waals surface area contributed by atoms with E-state index in [-0.39, 0.29) is 25.4 Å². The van der Waals surface area contributed by atoms with E-state index < -0.39 is 16.0 Å². The number of carbonyl (C=O) groups is 1. The van der Waals surface area contributed by atoms with Gasteiger partial charge in [0, 0.05) is 24.3 Å². The summed E-state index contributed by atoms with van der Waals surface area (Å²) >= 11 is 20.5. The number of para-hydroxylation sites is 1. The van der Waals surface area contributed by atoms with Gasteiger partial charge >= 0.3 is 0 Å². The highest BCUT2D eigenvalue weighted by Crippen LogP contribution is 2.41. The van der Waals surface area contributed by atoms with Crippen molar-refractivity contribution in [2.24, 2.45) is 0 Å². The molecule has 232 valence electrons. The van der Waals surface area contributed by atoms with E-state index in [2.05, 4.69) is 17.4 Å². The first-order chi connectivity index (χ1) is 21.7. The number of carbonyl (C=O) groups excluding carboxylic acids is 1. The number of rotatable bonds is 9. The molecule has 1 fully saturated rings. The molecule has 2 heterocycles. The lowest BCUT2D eigenvalue weighted by Crippen LogP contribution is -2.33. The summed E-state index contributed by atoms with van der Waals surface area (Å²) < 4.78 is 13.3.